The third-order valence-electron chi connectivity index (χ3n) is 2.74. The molecular weight excluding hydrogens is 248 g/mol. The number of fused-ring (bicyclic) bond motifs is 1. The van der Waals surface area contributed by atoms with Crippen LogP contribution in [0.15, 0.2) is 43.1 Å². The Morgan fingerprint density at radius 2 is 2.22 bits per heavy atom. The van der Waals surface area contributed by atoms with Crippen LogP contribution in [0.5, 0.6) is 0 Å². The normalized spacial score (nSPS) is 10.6. The van der Waals surface area contributed by atoms with Crippen LogP contribution in [0.3, 0.4) is 0 Å². The number of aromatic nitrogens is 1. The van der Waals surface area contributed by atoms with Crippen molar-refractivity contribution in [3.8, 4) is 0 Å². The first-order valence-corrected chi connectivity index (χ1v) is 6.15. The van der Waals surface area contributed by atoms with Crippen molar-refractivity contribution in [3.05, 3.63) is 48.1 Å². The van der Waals surface area contributed by atoms with Crippen LogP contribution in [0, 0.1) is 0 Å². The first kappa shape index (κ1) is 12.9. The fraction of sp³-hybridized carbons (Fsp3) is 0.214. The van der Waals surface area contributed by atoms with Gasteiger partial charge in [-0.25, -0.2) is 0 Å². The van der Waals surface area contributed by atoms with Gasteiger partial charge in [0.2, 0.25) is 0 Å². The highest BCUT2D eigenvalue weighted by molar-refractivity contribution is 6.31. The largest absolute Gasteiger partial charge is 0.395 e. The lowest BCUT2D eigenvalue weighted by Crippen LogP contribution is -2.26. The Balaban J connectivity index is 2.51. The molecule has 94 valence electrons. The number of nitrogens with zero attached hydrogens (tertiary/aromatic N) is 2. The van der Waals surface area contributed by atoms with Crippen molar-refractivity contribution >= 4 is 28.2 Å². The Kier molecular flexibility index (Phi) is 4.18. The van der Waals surface area contributed by atoms with Gasteiger partial charge in [0.05, 0.1) is 12.1 Å². The number of pyridine rings is 1. The highest BCUT2D eigenvalue weighted by atomic mass is 35.5. The first-order chi connectivity index (χ1) is 8.76. The van der Waals surface area contributed by atoms with E-state index in [0.29, 0.717) is 18.1 Å². The van der Waals surface area contributed by atoms with Crippen molar-refractivity contribution < 1.29 is 5.11 Å². The molecule has 1 aromatic carbocycles. The number of anilines is 1. The van der Waals surface area contributed by atoms with Crippen molar-refractivity contribution in [2.75, 3.05) is 24.6 Å². The van der Waals surface area contributed by atoms with Crippen LogP contribution < -0.4 is 4.90 Å². The molecular formula is C14H15ClN2O. The van der Waals surface area contributed by atoms with Gasteiger partial charge in [-0.05, 0) is 24.3 Å². The molecule has 0 saturated carbocycles. The number of rotatable bonds is 5. The van der Waals surface area contributed by atoms with Crippen LogP contribution in [-0.4, -0.2) is 29.8 Å². The molecule has 18 heavy (non-hydrogen) atoms. The van der Waals surface area contributed by atoms with Crippen molar-refractivity contribution in [2.45, 2.75) is 0 Å². The minimum absolute atomic E-state index is 0.102. The van der Waals surface area contributed by atoms with Crippen LogP contribution >= 0.6 is 11.6 Å². The van der Waals surface area contributed by atoms with E-state index < -0.39 is 0 Å². The minimum Gasteiger partial charge on any atom is -0.395 e. The quantitative estimate of drug-likeness (QED) is 0.842. The number of benzene rings is 1. The molecule has 0 unspecified atom stereocenters. The van der Waals surface area contributed by atoms with Crippen LogP contribution in [-0.2, 0) is 0 Å². The monoisotopic (exact) mass is 262 g/mol. The summed E-state index contributed by atoms with van der Waals surface area (Å²) in [6.45, 7) is 5.09. The van der Waals surface area contributed by atoms with Crippen molar-refractivity contribution in [2.24, 2.45) is 0 Å². The maximum absolute atomic E-state index is 9.13. The molecule has 0 bridgehead atoms. The van der Waals surface area contributed by atoms with E-state index in [1.165, 1.54) is 0 Å². The summed E-state index contributed by atoms with van der Waals surface area (Å²) in [6, 6.07) is 7.58. The number of halogens is 1. The summed E-state index contributed by atoms with van der Waals surface area (Å²) in [5.41, 5.74) is 1.89. The van der Waals surface area contributed by atoms with E-state index in [1.807, 2.05) is 30.3 Å². The van der Waals surface area contributed by atoms with Gasteiger partial charge in [0.15, 0.2) is 0 Å². The van der Waals surface area contributed by atoms with E-state index >= 15 is 0 Å². The average molecular weight is 263 g/mol. The highest BCUT2D eigenvalue weighted by Gasteiger charge is 2.09. The van der Waals surface area contributed by atoms with E-state index in [4.69, 9.17) is 16.7 Å². The van der Waals surface area contributed by atoms with E-state index in [0.717, 1.165) is 16.6 Å². The van der Waals surface area contributed by atoms with E-state index in [2.05, 4.69) is 16.5 Å². The third kappa shape index (κ3) is 2.63. The molecule has 0 aliphatic rings. The number of hydrogen-bond donors (Lipinski definition) is 1. The summed E-state index contributed by atoms with van der Waals surface area (Å²) in [7, 11) is 0. The molecule has 1 heterocycles. The lowest BCUT2D eigenvalue weighted by atomic mass is 10.1. The summed E-state index contributed by atoms with van der Waals surface area (Å²) < 4.78 is 0. The predicted octanol–water partition coefficient (Wildman–Crippen LogP) is 2.87. The van der Waals surface area contributed by atoms with Crippen molar-refractivity contribution in [3.63, 3.8) is 0 Å². The van der Waals surface area contributed by atoms with Gasteiger partial charge in [-0.2, -0.15) is 0 Å². The number of hydrogen-bond acceptors (Lipinski definition) is 3. The molecule has 2 rings (SSSR count). The molecule has 0 aliphatic carbocycles. The summed E-state index contributed by atoms with van der Waals surface area (Å²) in [4.78, 5) is 6.37. The van der Waals surface area contributed by atoms with Gasteiger partial charge in [0.1, 0.15) is 0 Å². The van der Waals surface area contributed by atoms with Gasteiger partial charge >= 0.3 is 0 Å². The molecule has 0 radical (unpaired) electrons. The second-order valence-electron chi connectivity index (χ2n) is 3.95. The molecule has 4 heteroatoms. The van der Waals surface area contributed by atoms with Crippen molar-refractivity contribution in [1.82, 2.24) is 4.98 Å². The van der Waals surface area contributed by atoms with Gasteiger partial charge in [-0.3, -0.25) is 4.98 Å². The fourth-order valence-electron chi connectivity index (χ4n) is 1.97. The van der Waals surface area contributed by atoms with Crippen LogP contribution in [0.4, 0.5) is 5.69 Å². The summed E-state index contributed by atoms with van der Waals surface area (Å²) in [5, 5.41) is 10.8. The minimum atomic E-state index is 0.102. The molecule has 3 nitrogen and oxygen atoms in total. The smallest absolute Gasteiger partial charge is 0.0737 e. The standard InChI is InChI=1S/C14H15ClN2O/c1-2-7-17(8-9-18)14-5-6-16-13-10-11(15)3-4-12(13)14/h2-6,10,18H,1,7-9H2. The van der Waals surface area contributed by atoms with Crippen molar-refractivity contribution in [1.29, 1.82) is 0 Å². The van der Waals surface area contributed by atoms with Gasteiger partial charge < -0.3 is 10.0 Å². The molecule has 0 amide bonds. The zero-order valence-corrected chi connectivity index (χ0v) is 10.8. The molecule has 1 N–H and O–H groups in total. The van der Waals surface area contributed by atoms with Crippen LogP contribution in [0.1, 0.15) is 0 Å². The topological polar surface area (TPSA) is 36.4 Å². The molecule has 0 fully saturated rings. The Hall–Kier alpha value is -1.58. The Morgan fingerprint density at radius 1 is 1.39 bits per heavy atom. The second kappa shape index (κ2) is 5.85. The fourth-order valence-corrected chi connectivity index (χ4v) is 2.13. The third-order valence-corrected chi connectivity index (χ3v) is 2.98. The molecule has 0 aliphatic heterocycles. The zero-order valence-electron chi connectivity index (χ0n) is 10.0. The maximum atomic E-state index is 9.13. The van der Waals surface area contributed by atoms with Gasteiger partial charge in [-0.15, -0.1) is 6.58 Å². The second-order valence-corrected chi connectivity index (χ2v) is 4.39. The number of aliphatic hydroxyl groups is 1. The summed E-state index contributed by atoms with van der Waals surface area (Å²) in [6.07, 6.45) is 3.57. The SMILES string of the molecule is C=CCN(CCO)c1ccnc2cc(Cl)ccc12. The van der Waals surface area contributed by atoms with Crippen LogP contribution in [0.25, 0.3) is 10.9 Å². The predicted molar refractivity (Wildman–Crippen MR) is 76.2 cm³/mol. The molecule has 2 aromatic rings. The molecule has 0 atom stereocenters. The van der Waals surface area contributed by atoms with Gasteiger partial charge in [0.25, 0.3) is 0 Å². The van der Waals surface area contributed by atoms with Gasteiger partial charge in [-0.1, -0.05) is 17.7 Å². The lowest BCUT2D eigenvalue weighted by molar-refractivity contribution is 0.303. The maximum Gasteiger partial charge on any atom is 0.0737 e. The van der Waals surface area contributed by atoms with Gasteiger partial charge in [0, 0.05) is 35.4 Å². The van der Waals surface area contributed by atoms with E-state index in [9.17, 15) is 0 Å². The molecule has 1 aromatic heterocycles. The molecule has 0 saturated heterocycles. The van der Waals surface area contributed by atoms with E-state index in [1.54, 1.807) is 6.20 Å². The number of aliphatic hydroxyl groups excluding tert-OH is 1. The average Bonchev–Trinajstić information content (AvgIpc) is 2.37. The summed E-state index contributed by atoms with van der Waals surface area (Å²) >= 11 is 5.96. The zero-order chi connectivity index (χ0) is 13.0. The first-order valence-electron chi connectivity index (χ1n) is 5.77. The Bertz CT molecular complexity index is 556. The van der Waals surface area contributed by atoms with E-state index in [-0.39, 0.29) is 6.61 Å². The molecule has 0 spiro atoms. The highest BCUT2D eigenvalue weighted by Crippen LogP contribution is 2.27. The Morgan fingerprint density at radius 3 is 2.94 bits per heavy atom. The lowest BCUT2D eigenvalue weighted by Gasteiger charge is -2.23. The summed E-state index contributed by atoms with van der Waals surface area (Å²) in [5.74, 6) is 0. The van der Waals surface area contributed by atoms with Crippen LogP contribution in [0.2, 0.25) is 5.02 Å². The Labute approximate surface area is 111 Å².